The average molecular weight is 374 g/mol. The molecule has 146 valence electrons. The molecule has 2 amide bonds. The number of hydrogen-bond donors (Lipinski definition) is 0. The molecule has 0 aliphatic carbocycles. The highest BCUT2D eigenvalue weighted by atomic mass is 16.6. The van der Waals surface area contributed by atoms with Gasteiger partial charge in [0.1, 0.15) is 18.0 Å². The molecule has 2 bridgehead atoms. The van der Waals surface area contributed by atoms with Crippen molar-refractivity contribution >= 4 is 18.0 Å². The second kappa shape index (κ2) is 7.58. The third-order valence-electron chi connectivity index (χ3n) is 4.64. The molecule has 7 nitrogen and oxygen atoms in total. The smallest absolute Gasteiger partial charge is 0.410 e. The number of piperidine rings is 1. The van der Waals surface area contributed by atoms with Crippen LogP contribution in [0.25, 0.3) is 0 Å². The molecule has 2 heterocycles. The molecule has 0 saturated carbocycles. The predicted octanol–water partition coefficient (Wildman–Crippen LogP) is 2.98. The minimum absolute atomic E-state index is 0.113. The van der Waals surface area contributed by atoms with E-state index in [0.29, 0.717) is 0 Å². The molecule has 1 aromatic rings. The van der Waals surface area contributed by atoms with Gasteiger partial charge in [0, 0.05) is 25.9 Å². The van der Waals surface area contributed by atoms with Gasteiger partial charge in [0.15, 0.2) is 0 Å². The molecular weight excluding hydrogens is 348 g/mol. The minimum atomic E-state index is -0.610. The Morgan fingerprint density at radius 1 is 1.04 bits per heavy atom. The molecule has 7 heteroatoms. The summed E-state index contributed by atoms with van der Waals surface area (Å²) in [6.45, 7) is 6.17. The number of carbonyl (C=O) groups excluding carboxylic acids is 3. The van der Waals surface area contributed by atoms with Crippen molar-refractivity contribution in [2.45, 2.75) is 57.9 Å². The van der Waals surface area contributed by atoms with E-state index in [0.717, 1.165) is 5.56 Å². The zero-order valence-electron chi connectivity index (χ0n) is 16.0. The Bertz CT molecular complexity index is 695. The van der Waals surface area contributed by atoms with Gasteiger partial charge in [-0.05, 0) is 26.3 Å². The van der Waals surface area contributed by atoms with E-state index in [4.69, 9.17) is 9.47 Å². The summed E-state index contributed by atoms with van der Waals surface area (Å²) in [5, 5.41) is 0. The highest BCUT2D eigenvalue weighted by molar-refractivity contribution is 5.84. The number of likely N-dealkylation sites (tertiary alicyclic amines) is 1. The van der Waals surface area contributed by atoms with E-state index in [9.17, 15) is 14.4 Å². The van der Waals surface area contributed by atoms with E-state index in [-0.39, 0.29) is 50.4 Å². The predicted molar refractivity (Wildman–Crippen MR) is 98.1 cm³/mol. The lowest BCUT2D eigenvalue weighted by Gasteiger charge is -2.48. The molecule has 0 N–H and O–H groups in total. The van der Waals surface area contributed by atoms with Gasteiger partial charge in [0.05, 0.1) is 12.1 Å². The maximum absolute atomic E-state index is 12.6. The molecule has 2 atom stereocenters. The van der Waals surface area contributed by atoms with Crippen molar-refractivity contribution in [1.29, 1.82) is 0 Å². The third kappa shape index (κ3) is 4.78. The van der Waals surface area contributed by atoms with Crippen molar-refractivity contribution in [3.05, 3.63) is 35.9 Å². The van der Waals surface area contributed by atoms with Gasteiger partial charge in [-0.2, -0.15) is 0 Å². The maximum Gasteiger partial charge on any atom is 0.410 e. The number of rotatable bonds is 2. The first-order chi connectivity index (χ1) is 12.7. The second-order valence-corrected chi connectivity index (χ2v) is 8.09. The Labute approximate surface area is 159 Å². The zero-order chi connectivity index (χ0) is 19.6. The van der Waals surface area contributed by atoms with Crippen molar-refractivity contribution in [2.24, 2.45) is 0 Å². The van der Waals surface area contributed by atoms with Crippen LogP contribution in [0.5, 0.6) is 0 Å². The van der Waals surface area contributed by atoms with E-state index in [2.05, 4.69) is 0 Å². The molecule has 2 fully saturated rings. The van der Waals surface area contributed by atoms with Crippen LogP contribution in [0, 0.1) is 0 Å². The summed E-state index contributed by atoms with van der Waals surface area (Å²) < 4.78 is 10.9. The summed E-state index contributed by atoms with van der Waals surface area (Å²) >= 11 is 0. The van der Waals surface area contributed by atoms with Crippen LogP contribution < -0.4 is 0 Å². The summed E-state index contributed by atoms with van der Waals surface area (Å²) in [6.07, 6.45) is -0.384. The van der Waals surface area contributed by atoms with Crippen molar-refractivity contribution < 1.29 is 23.9 Å². The van der Waals surface area contributed by atoms with Crippen molar-refractivity contribution in [2.75, 3.05) is 13.1 Å². The standard InChI is InChI=1S/C20H26N2O5/c1-20(2,3)27-19(25)22-15-9-17(23)10-16(22)12-21(11-15)18(24)26-13-14-7-5-4-6-8-14/h4-8,15-16H,9-13H2,1-3H3. The van der Waals surface area contributed by atoms with Gasteiger partial charge in [-0.25, -0.2) is 9.59 Å². The number of carbonyl (C=O) groups is 3. The Morgan fingerprint density at radius 2 is 1.63 bits per heavy atom. The van der Waals surface area contributed by atoms with Gasteiger partial charge in [-0.3, -0.25) is 9.69 Å². The Hall–Kier alpha value is -2.57. The number of hydrogen-bond acceptors (Lipinski definition) is 5. The first-order valence-electron chi connectivity index (χ1n) is 9.21. The van der Waals surface area contributed by atoms with Crippen LogP contribution >= 0.6 is 0 Å². The van der Waals surface area contributed by atoms with E-state index in [1.165, 1.54) is 0 Å². The van der Waals surface area contributed by atoms with Crippen molar-refractivity contribution in [3.63, 3.8) is 0 Å². The van der Waals surface area contributed by atoms with E-state index in [1.54, 1.807) is 9.80 Å². The molecule has 0 aromatic heterocycles. The quantitative estimate of drug-likeness (QED) is 0.795. The fourth-order valence-corrected chi connectivity index (χ4v) is 3.56. The van der Waals surface area contributed by atoms with Gasteiger partial charge in [-0.15, -0.1) is 0 Å². The monoisotopic (exact) mass is 374 g/mol. The Kier molecular flexibility index (Phi) is 5.39. The third-order valence-corrected chi connectivity index (χ3v) is 4.64. The van der Waals surface area contributed by atoms with Gasteiger partial charge in [0.25, 0.3) is 0 Å². The molecule has 1 aromatic carbocycles. The van der Waals surface area contributed by atoms with Gasteiger partial charge in [-0.1, -0.05) is 30.3 Å². The summed E-state index contributed by atoms with van der Waals surface area (Å²) in [6, 6.07) is 8.72. The second-order valence-electron chi connectivity index (χ2n) is 8.09. The largest absolute Gasteiger partial charge is 0.445 e. The van der Waals surface area contributed by atoms with Crippen LogP contribution in [0.3, 0.4) is 0 Å². The normalized spacial score (nSPS) is 22.4. The van der Waals surface area contributed by atoms with E-state index < -0.39 is 17.8 Å². The van der Waals surface area contributed by atoms with Crippen LogP contribution in [0.4, 0.5) is 9.59 Å². The van der Waals surface area contributed by atoms with Crippen LogP contribution in [0.15, 0.2) is 30.3 Å². The highest BCUT2D eigenvalue weighted by Gasteiger charge is 2.46. The summed E-state index contributed by atoms with van der Waals surface area (Å²) in [7, 11) is 0. The molecule has 3 rings (SSSR count). The SMILES string of the molecule is CC(C)(C)OC(=O)N1C2CC(=O)CC1CN(C(=O)OCc1ccccc1)C2. The number of ketones is 1. The van der Waals surface area contributed by atoms with E-state index >= 15 is 0 Å². The fourth-order valence-electron chi connectivity index (χ4n) is 3.56. The average Bonchev–Trinajstić information content (AvgIpc) is 2.57. The molecule has 0 spiro atoms. The summed E-state index contributed by atoms with van der Waals surface area (Å²) in [5.41, 5.74) is 0.301. The Balaban J connectivity index is 1.64. The number of fused-ring (bicyclic) bond motifs is 2. The first kappa shape index (κ1) is 19.2. The number of amides is 2. The van der Waals surface area contributed by atoms with Crippen LogP contribution in [0.1, 0.15) is 39.2 Å². The molecule has 0 radical (unpaired) electrons. The van der Waals surface area contributed by atoms with Crippen LogP contribution in [-0.2, 0) is 20.9 Å². The van der Waals surface area contributed by atoms with Gasteiger partial charge < -0.3 is 14.4 Å². The van der Waals surface area contributed by atoms with Gasteiger partial charge >= 0.3 is 12.2 Å². The van der Waals surface area contributed by atoms with Crippen molar-refractivity contribution in [3.8, 4) is 0 Å². The molecule has 2 saturated heterocycles. The lowest BCUT2D eigenvalue weighted by atomic mass is 9.91. The minimum Gasteiger partial charge on any atom is -0.445 e. The molecule has 2 unspecified atom stereocenters. The van der Waals surface area contributed by atoms with Crippen LogP contribution in [-0.4, -0.2) is 58.5 Å². The zero-order valence-corrected chi connectivity index (χ0v) is 16.0. The number of ether oxygens (including phenoxy) is 2. The number of nitrogens with zero attached hydrogens (tertiary/aromatic N) is 2. The van der Waals surface area contributed by atoms with Crippen molar-refractivity contribution in [1.82, 2.24) is 9.80 Å². The lowest BCUT2D eigenvalue weighted by Crippen LogP contribution is -2.65. The first-order valence-corrected chi connectivity index (χ1v) is 9.21. The molecular formula is C20H26N2O5. The van der Waals surface area contributed by atoms with Gasteiger partial charge in [0.2, 0.25) is 0 Å². The summed E-state index contributed by atoms with van der Waals surface area (Å²) in [5.74, 6) is 0.113. The molecule has 27 heavy (non-hydrogen) atoms. The van der Waals surface area contributed by atoms with E-state index in [1.807, 2.05) is 51.1 Å². The number of Topliss-reactive ketones (excluding diaryl/α,β-unsaturated/α-hetero) is 1. The number of piperazine rings is 1. The molecule has 2 aliphatic heterocycles. The number of benzene rings is 1. The molecule has 2 aliphatic rings. The highest BCUT2D eigenvalue weighted by Crippen LogP contribution is 2.29. The van der Waals surface area contributed by atoms with Crippen LogP contribution in [0.2, 0.25) is 0 Å². The summed E-state index contributed by atoms with van der Waals surface area (Å²) in [4.78, 5) is 40.3. The topological polar surface area (TPSA) is 76.2 Å². The fraction of sp³-hybridized carbons (Fsp3) is 0.550. The maximum atomic E-state index is 12.6. The lowest BCUT2D eigenvalue weighted by molar-refractivity contribution is -0.128. The Morgan fingerprint density at radius 3 is 2.19 bits per heavy atom.